The van der Waals surface area contributed by atoms with Crippen LogP contribution < -0.4 is 4.74 Å². The standard InChI is InChI=1S/C30H31N5O4/c1-30(2,3)29(37)39-18-35-27-23(25(33-35)22-11-6-7-12-24(22)38-5)16-21(17-32-27)19-9-8-10-20(15-19)26(36)28-31-13-14-34(28)4/h6-17,26,36H,18H2,1-5H3. The Hall–Kier alpha value is -4.50. The maximum Gasteiger partial charge on any atom is 0.313 e. The van der Waals surface area contributed by atoms with E-state index in [0.29, 0.717) is 22.9 Å². The average Bonchev–Trinajstić information content (AvgIpc) is 3.53. The predicted molar refractivity (Wildman–Crippen MR) is 148 cm³/mol. The second kappa shape index (κ2) is 10.3. The lowest BCUT2D eigenvalue weighted by atomic mass is 9.98. The van der Waals surface area contributed by atoms with Crippen LogP contribution in [0.25, 0.3) is 33.4 Å². The fourth-order valence-corrected chi connectivity index (χ4v) is 4.36. The molecule has 0 spiro atoms. The Morgan fingerprint density at radius 3 is 2.56 bits per heavy atom. The summed E-state index contributed by atoms with van der Waals surface area (Å²) in [5.74, 6) is 0.899. The molecule has 5 rings (SSSR count). The molecule has 0 aliphatic carbocycles. The normalized spacial score (nSPS) is 12.5. The molecule has 9 nitrogen and oxygen atoms in total. The number of carbonyl (C=O) groups is 1. The quantitative estimate of drug-likeness (QED) is 0.294. The molecule has 5 aromatic rings. The van der Waals surface area contributed by atoms with Crippen molar-refractivity contribution in [3.8, 4) is 28.1 Å². The number of benzene rings is 2. The number of pyridine rings is 1. The lowest BCUT2D eigenvalue weighted by Gasteiger charge is -2.16. The highest BCUT2D eigenvalue weighted by Gasteiger charge is 2.24. The molecule has 1 unspecified atom stereocenters. The van der Waals surface area contributed by atoms with Crippen molar-refractivity contribution in [3.05, 3.63) is 84.6 Å². The number of nitrogens with zero attached hydrogens (tertiary/aromatic N) is 5. The van der Waals surface area contributed by atoms with Crippen LogP contribution >= 0.6 is 0 Å². The number of fused-ring (bicyclic) bond motifs is 1. The van der Waals surface area contributed by atoms with E-state index in [2.05, 4.69) is 4.98 Å². The van der Waals surface area contributed by atoms with Gasteiger partial charge >= 0.3 is 5.97 Å². The molecule has 2 aromatic carbocycles. The van der Waals surface area contributed by atoms with Gasteiger partial charge in [0.15, 0.2) is 12.4 Å². The minimum Gasteiger partial charge on any atom is -0.496 e. The molecule has 9 heteroatoms. The van der Waals surface area contributed by atoms with Gasteiger partial charge in [-0.25, -0.2) is 14.6 Å². The number of ether oxygens (including phenoxy) is 2. The molecular weight excluding hydrogens is 494 g/mol. The zero-order valence-corrected chi connectivity index (χ0v) is 22.6. The molecule has 0 amide bonds. The molecule has 0 saturated heterocycles. The number of rotatable bonds is 7. The molecule has 3 aromatic heterocycles. The number of hydrogen-bond acceptors (Lipinski definition) is 7. The molecule has 39 heavy (non-hydrogen) atoms. The van der Waals surface area contributed by atoms with E-state index in [0.717, 1.165) is 27.6 Å². The van der Waals surface area contributed by atoms with Crippen molar-refractivity contribution in [2.45, 2.75) is 33.6 Å². The lowest BCUT2D eigenvalue weighted by molar-refractivity contribution is -0.157. The molecule has 1 N–H and O–H groups in total. The summed E-state index contributed by atoms with van der Waals surface area (Å²) in [6.07, 6.45) is 4.35. The van der Waals surface area contributed by atoms with Gasteiger partial charge in [-0.1, -0.05) is 30.3 Å². The maximum absolute atomic E-state index is 12.5. The summed E-state index contributed by atoms with van der Waals surface area (Å²) < 4.78 is 14.6. The molecule has 0 aliphatic rings. The van der Waals surface area contributed by atoms with E-state index in [1.54, 1.807) is 55.7 Å². The van der Waals surface area contributed by atoms with E-state index in [9.17, 15) is 9.90 Å². The smallest absolute Gasteiger partial charge is 0.313 e. The van der Waals surface area contributed by atoms with E-state index in [-0.39, 0.29) is 12.7 Å². The van der Waals surface area contributed by atoms with E-state index >= 15 is 0 Å². The van der Waals surface area contributed by atoms with Gasteiger partial charge in [-0.3, -0.25) is 4.79 Å². The number of aryl methyl sites for hydroxylation is 1. The van der Waals surface area contributed by atoms with Crippen LogP contribution in [0.15, 0.2) is 73.2 Å². The van der Waals surface area contributed by atoms with Gasteiger partial charge in [0.1, 0.15) is 23.4 Å². The fourth-order valence-electron chi connectivity index (χ4n) is 4.36. The molecule has 3 heterocycles. The van der Waals surface area contributed by atoms with Crippen LogP contribution in [-0.2, 0) is 23.3 Å². The zero-order valence-electron chi connectivity index (χ0n) is 22.6. The first-order valence-electron chi connectivity index (χ1n) is 12.6. The zero-order chi connectivity index (χ0) is 27.7. The number of aliphatic hydroxyl groups is 1. The van der Waals surface area contributed by atoms with E-state index < -0.39 is 11.5 Å². The van der Waals surface area contributed by atoms with E-state index in [4.69, 9.17) is 19.6 Å². The highest BCUT2D eigenvalue weighted by Crippen LogP contribution is 2.36. The Morgan fingerprint density at radius 2 is 1.85 bits per heavy atom. The summed E-state index contributed by atoms with van der Waals surface area (Å²) >= 11 is 0. The highest BCUT2D eigenvalue weighted by atomic mass is 16.5. The molecule has 200 valence electrons. The van der Waals surface area contributed by atoms with Gasteiger partial charge in [-0.15, -0.1) is 0 Å². The van der Waals surface area contributed by atoms with Crippen LogP contribution in [0, 0.1) is 5.41 Å². The molecular formula is C30H31N5O4. The summed E-state index contributed by atoms with van der Waals surface area (Å²) in [6, 6.07) is 17.3. The Labute approximate surface area is 226 Å². The van der Waals surface area contributed by atoms with Gasteiger partial charge in [0.05, 0.1) is 12.5 Å². The van der Waals surface area contributed by atoms with Crippen molar-refractivity contribution in [2.75, 3.05) is 7.11 Å². The molecule has 0 aliphatic heterocycles. The molecule has 0 bridgehead atoms. The molecule has 0 radical (unpaired) electrons. The van der Waals surface area contributed by atoms with Gasteiger partial charge in [0.2, 0.25) is 0 Å². The van der Waals surface area contributed by atoms with Crippen LogP contribution in [0.3, 0.4) is 0 Å². The Balaban J connectivity index is 1.59. The third-order valence-corrected chi connectivity index (χ3v) is 6.52. The topological polar surface area (TPSA) is 104 Å². The largest absolute Gasteiger partial charge is 0.496 e. The number of imidazole rings is 1. The minimum atomic E-state index is -0.869. The molecule has 0 saturated carbocycles. The SMILES string of the molecule is COc1ccccc1-c1nn(COC(=O)C(C)(C)C)c2ncc(-c3cccc(C(O)c4nccn4C)c3)cc12. The van der Waals surface area contributed by atoms with Crippen LogP contribution in [0.1, 0.15) is 38.3 Å². The van der Waals surface area contributed by atoms with Crippen LogP contribution in [0.2, 0.25) is 0 Å². The van der Waals surface area contributed by atoms with Crippen molar-refractivity contribution in [1.29, 1.82) is 0 Å². The number of carbonyl (C=O) groups excluding carboxylic acids is 1. The average molecular weight is 526 g/mol. The number of aliphatic hydroxyl groups excluding tert-OH is 1. The summed E-state index contributed by atoms with van der Waals surface area (Å²) in [5, 5.41) is 16.5. The van der Waals surface area contributed by atoms with Crippen LogP contribution in [0.5, 0.6) is 5.75 Å². The van der Waals surface area contributed by atoms with Gasteiger partial charge in [0, 0.05) is 42.2 Å². The van der Waals surface area contributed by atoms with E-state index in [1.807, 2.05) is 61.6 Å². The first-order chi connectivity index (χ1) is 18.7. The first kappa shape index (κ1) is 26.1. The number of aromatic nitrogens is 5. The number of hydrogen-bond donors (Lipinski definition) is 1. The van der Waals surface area contributed by atoms with Crippen LogP contribution in [0.4, 0.5) is 0 Å². The van der Waals surface area contributed by atoms with Crippen molar-refractivity contribution in [3.63, 3.8) is 0 Å². The molecule has 1 atom stereocenters. The third kappa shape index (κ3) is 5.13. The second-order valence-corrected chi connectivity index (χ2v) is 10.4. The Morgan fingerprint density at radius 1 is 1.05 bits per heavy atom. The monoisotopic (exact) mass is 525 g/mol. The highest BCUT2D eigenvalue weighted by molar-refractivity contribution is 5.95. The first-order valence-corrected chi connectivity index (χ1v) is 12.6. The van der Waals surface area contributed by atoms with Crippen molar-refractivity contribution < 1.29 is 19.4 Å². The summed E-state index contributed by atoms with van der Waals surface area (Å²) in [6.45, 7) is 5.35. The summed E-state index contributed by atoms with van der Waals surface area (Å²) in [7, 11) is 3.47. The molecule has 0 fully saturated rings. The second-order valence-electron chi connectivity index (χ2n) is 10.4. The van der Waals surface area contributed by atoms with Gasteiger partial charge in [0.25, 0.3) is 0 Å². The summed E-state index contributed by atoms with van der Waals surface area (Å²) in [4.78, 5) is 21.5. The third-order valence-electron chi connectivity index (χ3n) is 6.52. The number of esters is 1. The minimum absolute atomic E-state index is 0.0700. The maximum atomic E-state index is 12.5. The Bertz CT molecular complexity index is 1650. The van der Waals surface area contributed by atoms with Gasteiger partial charge in [-0.2, -0.15) is 5.10 Å². The van der Waals surface area contributed by atoms with Crippen LogP contribution in [-0.4, -0.2) is 42.5 Å². The Kier molecular flexibility index (Phi) is 6.93. The number of methoxy groups -OCH3 is 1. The summed E-state index contributed by atoms with van der Waals surface area (Å²) in [5.41, 5.74) is 3.84. The van der Waals surface area contributed by atoms with E-state index in [1.165, 1.54) is 0 Å². The van der Waals surface area contributed by atoms with Gasteiger partial charge < -0.3 is 19.1 Å². The van der Waals surface area contributed by atoms with Crippen molar-refractivity contribution in [2.24, 2.45) is 12.5 Å². The van der Waals surface area contributed by atoms with Crippen molar-refractivity contribution >= 4 is 17.0 Å². The fraction of sp³-hybridized carbons (Fsp3) is 0.267. The number of para-hydroxylation sites is 1. The van der Waals surface area contributed by atoms with Gasteiger partial charge in [-0.05, 0) is 56.2 Å². The van der Waals surface area contributed by atoms with Crippen molar-refractivity contribution in [1.82, 2.24) is 24.3 Å². The lowest BCUT2D eigenvalue weighted by Crippen LogP contribution is -2.24. The predicted octanol–water partition coefficient (Wildman–Crippen LogP) is 5.14.